The fourth-order valence-corrected chi connectivity index (χ4v) is 5.17. The smallest absolute Gasteiger partial charge is 0.254 e. The summed E-state index contributed by atoms with van der Waals surface area (Å²) in [6, 6.07) is 9.70. The summed E-state index contributed by atoms with van der Waals surface area (Å²) in [7, 11) is 1.66. The van der Waals surface area contributed by atoms with Crippen LogP contribution in [-0.4, -0.2) is 33.3 Å². The second-order valence-electron chi connectivity index (χ2n) is 12.5. The second kappa shape index (κ2) is 11.9. The average molecular weight is 580 g/mol. The lowest BCUT2D eigenvalue weighted by Gasteiger charge is -2.32. The van der Waals surface area contributed by atoms with Crippen molar-refractivity contribution in [3.63, 3.8) is 0 Å². The highest BCUT2D eigenvalue weighted by Gasteiger charge is 2.29. The van der Waals surface area contributed by atoms with Crippen LogP contribution in [0.4, 0.5) is 4.39 Å². The number of nitrogens with two attached hydrogens (primary N) is 1. The van der Waals surface area contributed by atoms with Crippen molar-refractivity contribution >= 4 is 5.91 Å². The van der Waals surface area contributed by atoms with Crippen LogP contribution in [-0.2, 0) is 17.4 Å². The molecule has 0 spiro atoms. The maximum absolute atomic E-state index is 14.0. The molecule has 42 heavy (non-hydrogen) atoms. The Morgan fingerprint density at radius 3 is 2.19 bits per heavy atom. The molecule has 1 aliphatic rings. The Morgan fingerprint density at radius 2 is 1.62 bits per heavy atom. The van der Waals surface area contributed by atoms with E-state index in [1.165, 1.54) is 22.8 Å². The van der Waals surface area contributed by atoms with Gasteiger partial charge in [-0.2, -0.15) is 0 Å². The number of aromatic nitrogens is 1. The van der Waals surface area contributed by atoms with E-state index in [9.17, 15) is 19.1 Å². The summed E-state index contributed by atoms with van der Waals surface area (Å²) in [4.78, 5) is 25.1. The third-order valence-electron chi connectivity index (χ3n) is 7.69. The Labute approximate surface area is 246 Å². The van der Waals surface area contributed by atoms with Crippen LogP contribution in [0.3, 0.4) is 0 Å². The molecule has 1 amide bonds. The molecule has 1 heterocycles. The molecule has 2 aromatic carbocycles. The van der Waals surface area contributed by atoms with Gasteiger partial charge in [-0.05, 0) is 108 Å². The minimum atomic E-state index is -1.14. The number of pyridine rings is 1. The van der Waals surface area contributed by atoms with Gasteiger partial charge < -0.3 is 30.2 Å². The number of ether oxygens (including phenoxy) is 2. The van der Waals surface area contributed by atoms with Gasteiger partial charge in [-0.25, -0.2) is 4.39 Å². The quantitative estimate of drug-likeness (QED) is 0.330. The van der Waals surface area contributed by atoms with Gasteiger partial charge in [-0.15, -0.1) is 0 Å². The van der Waals surface area contributed by atoms with E-state index < -0.39 is 11.1 Å². The summed E-state index contributed by atoms with van der Waals surface area (Å²) >= 11 is 0. The monoisotopic (exact) mass is 579 g/mol. The molecule has 4 N–H and O–H groups in total. The Hall–Kier alpha value is -3.69. The number of aryl methyl sites for hydroxylation is 3. The molecule has 1 saturated carbocycles. The number of benzene rings is 2. The number of hydrogen-bond acceptors (Lipinski definition) is 6. The molecule has 0 atom stereocenters. The fourth-order valence-electron chi connectivity index (χ4n) is 5.17. The summed E-state index contributed by atoms with van der Waals surface area (Å²) in [6.45, 7) is 10.3. The largest absolute Gasteiger partial charge is 0.490 e. The van der Waals surface area contributed by atoms with E-state index in [0.717, 1.165) is 12.8 Å². The van der Waals surface area contributed by atoms with Gasteiger partial charge in [0, 0.05) is 36.5 Å². The van der Waals surface area contributed by atoms with E-state index in [4.69, 9.17) is 15.2 Å². The number of carbonyl (C=O) groups is 1. The molecule has 1 aliphatic carbocycles. The predicted molar refractivity (Wildman–Crippen MR) is 161 cm³/mol. The number of carbonyl (C=O) groups excluding carboxylic acids is 1. The van der Waals surface area contributed by atoms with Crippen molar-refractivity contribution in [2.75, 3.05) is 0 Å². The Morgan fingerprint density at radius 1 is 1.00 bits per heavy atom. The lowest BCUT2D eigenvalue weighted by Crippen LogP contribution is -2.53. The first-order chi connectivity index (χ1) is 19.5. The van der Waals surface area contributed by atoms with Crippen molar-refractivity contribution in [1.82, 2.24) is 9.88 Å². The molecule has 0 bridgehead atoms. The van der Waals surface area contributed by atoms with Crippen molar-refractivity contribution < 1.29 is 23.8 Å². The zero-order chi connectivity index (χ0) is 31.0. The highest BCUT2D eigenvalue weighted by atomic mass is 19.1. The van der Waals surface area contributed by atoms with Crippen LogP contribution in [0.5, 0.6) is 17.2 Å². The van der Waals surface area contributed by atoms with Crippen molar-refractivity contribution in [3.8, 4) is 28.4 Å². The van der Waals surface area contributed by atoms with Crippen molar-refractivity contribution in [2.45, 2.75) is 90.5 Å². The topological polar surface area (TPSA) is 116 Å². The molecular formula is C33H42FN3O5. The van der Waals surface area contributed by atoms with Crippen molar-refractivity contribution in [3.05, 3.63) is 75.5 Å². The Kier molecular flexibility index (Phi) is 8.85. The van der Waals surface area contributed by atoms with E-state index in [1.807, 2.05) is 6.07 Å². The van der Waals surface area contributed by atoms with Gasteiger partial charge in [0.15, 0.2) is 0 Å². The van der Waals surface area contributed by atoms with Gasteiger partial charge in [-0.3, -0.25) is 9.59 Å². The molecule has 0 saturated heterocycles. The first-order valence-electron chi connectivity index (χ1n) is 14.3. The molecule has 0 unspecified atom stereocenters. The minimum Gasteiger partial charge on any atom is -0.490 e. The van der Waals surface area contributed by atoms with E-state index in [1.54, 1.807) is 66.9 Å². The molecule has 3 aromatic rings. The van der Waals surface area contributed by atoms with Gasteiger partial charge in [0.25, 0.3) is 5.56 Å². The number of amides is 1. The van der Waals surface area contributed by atoms with Gasteiger partial charge in [0.05, 0.1) is 17.2 Å². The SMILES string of the molecule is Cc1cc(F)cc(C)c1Oc1ccc(C(C)(C)O)cc1-c1cn(C)c(=O)cc1O[C@H]1CC[C@H](NC(=O)C(C)(C)N)CC1. The third kappa shape index (κ3) is 7.20. The van der Waals surface area contributed by atoms with Crippen LogP contribution in [0, 0.1) is 19.7 Å². The summed E-state index contributed by atoms with van der Waals surface area (Å²) in [5.41, 5.74) is 6.79. The number of nitrogens with zero attached hydrogens (tertiary/aromatic N) is 1. The maximum Gasteiger partial charge on any atom is 0.254 e. The standard InChI is InChI=1S/C33H42FN3O5/c1-19-14-22(34)15-20(2)30(19)42-27-13-8-21(33(5,6)40)16-25(27)26-18-37(7)29(38)17-28(26)41-24-11-9-23(10-12-24)36-31(39)32(3,4)35/h8,13-18,23-24,40H,9-12,35H2,1-7H3,(H,36,39)/t23-,24-. The molecule has 0 radical (unpaired) electrons. The van der Waals surface area contributed by atoms with Crippen LogP contribution < -0.4 is 26.1 Å². The second-order valence-corrected chi connectivity index (χ2v) is 12.5. The Balaban J connectivity index is 1.70. The summed E-state index contributed by atoms with van der Waals surface area (Å²) < 4.78 is 28.4. The van der Waals surface area contributed by atoms with E-state index in [0.29, 0.717) is 57.9 Å². The van der Waals surface area contributed by atoms with Gasteiger partial charge in [0.2, 0.25) is 5.91 Å². The van der Waals surface area contributed by atoms with Crippen LogP contribution in [0.15, 0.2) is 47.4 Å². The molecule has 0 aliphatic heterocycles. The molecule has 8 nitrogen and oxygen atoms in total. The normalized spacial score (nSPS) is 17.6. The Bertz CT molecular complexity index is 1500. The number of hydrogen-bond donors (Lipinski definition) is 3. The third-order valence-corrected chi connectivity index (χ3v) is 7.69. The highest BCUT2D eigenvalue weighted by molar-refractivity contribution is 5.85. The number of aliphatic hydroxyl groups is 1. The van der Waals surface area contributed by atoms with Crippen LogP contribution in [0.25, 0.3) is 11.1 Å². The molecule has 4 rings (SSSR count). The lowest BCUT2D eigenvalue weighted by molar-refractivity contribution is -0.126. The highest BCUT2D eigenvalue weighted by Crippen LogP contribution is 2.42. The molecule has 9 heteroatoms. The maximum atomic E-state index is 14.0. The first-order valence-corrected chi connectivity index (χ1v) is 14.3. The molecule has 1 fully saturated rings. The fraction of sp³-hybridized carbons (Fsp3) is 0.455. The number of halogens is 1. The molecule has 1 aromatic heterocycles. The van der Waals surface area contributed by atoms with E-state index >= 15 is 0 Å². The zero-order valence-corrected chi connectivity index (χ0v) is 25.5. The van der Waals surface area contributed by atoms with Crippen molar-refractivity contribution in [1.29, 1.82) is 0 Å². The van der Waals surface area contributed by atoms with Crippen LogP contribution in [0.2, 0.25) is 0 Å². The van der Waals surface area contributed by atoms with E-state index in [-0.39, 0.29) is 29.4 Å². The lowest BCUT2D eigenvalue weighted by atomic mass is 9.91. The summed E-state index contributed by atoms with van der Waals surface area (Å²) in [5, 5.41) is 13.8. The molecule has 226 valence electrons. The summed E-state index contributed by atoms with van der Waals surface area (Å²) in [5.74, 6) is 0.873. The zero-order valence-electron chi connectivity index (χ0n) is 25.5. The van der Waals surface area contributed by atoms with Gasteiger partial charge >= 0.3 is 0 Å². The van der Waals surface area contributed by atoms with Gasteiger partial charge in [0.1, 0.15) is 23.1 Å². The van der Waals surface area contributed by atoms with Crippen molar-refractivity contribution in [2.24, 2.45) is 12.8 Å². The van der Waals surface area contributed by atoms with E-state index in [2.05, 4.69) is 5.32 Å². The molecular weight excluding hydrogens is 537 g/mol. The summed E-state index contributed by atoms with van der Waals surface area (Å²) in [6.07, 6.45) is 4.35. The minimum absolute atomic E-state index is 0.00828. The number of rotatable bonds is 8. The average Bonchev–Trinajstić information content (AvgIpc) is 2.88. The van der Waals surface area contributed by atoms with Crippen LogP contribution in [0.1, 0.15) is 70.1 Å². The first kappa shape index (κ1) is 31.3. The van der Waals surface area contributed by atoms with Crippen LogP contribution >= 0.6 is 0 Å². The van der Waals surface area contributed by atoms with Gasteiger partial charge in [-0.1, -0.05) is 6.07 Å². The number of nitrogens with one attached hydrogen (secondary N) is 1. The predicted octanol–water partition coefficient (Wildman–Crippen LogP) is 5.37.